The largest absolute Gasteiger partial charge is 0.476 e. The molecule has 1 fully saturated rings. The van der Waals surface area contributed by atoms with Gasteiger partial charge in [0.1, 0.15) is 17.3 Å². The van der Waals surface area contributed by atoms with E-state index in [4.69, 9.17) is 16.3 Å². The van der Waals surface area contributed by atoms with Gasteiger partial charge >= 0.3 is 0 Å². The number of carbonyl (C=O) groups is 2. The summed E-state index contributed by atoms with van der Waals surface area (Å²) < 4.78 is 7.64. The van der Waals surface area contributed by atoms with E-state index in [0.717, 1.165) is 29.1 Å². The fourth-order valence-corrected chi connectivity index (χ4v) is 5.80. The van der Waals surface area contributed by atoms with Crippen molar-refractivity contribution in [3.63, 3.8) is 0 Å². The van der Waals surface area contributed by atoms with Gasteiger partial charge < -0.3 is 15.0 Å². The lowest BCUT2D eigenvalue weighted by Crippen LogP contribution is -2.51. The first-order chi connectivity index (χ1) is 18.7. The number of hydrogen-bond acceptors (Lipinski definition) is 6. The van der Waals surface area contributed by atoms with Crippen LogP contribution < -0.4 is 10.1 Å². The smallest absolute Gasteiger partial charge is 0.276 e. The van der Waals surface area contributed by atoms with Gasteiger partial charge in [-0.2, -0.15) is 5.10 Å². The van der Waals surface area contributed by atoms with Gasteiger partial charge in [0.05, 0.1) is 15.7 Å². The predicted molar refractivity (Wildman–Crippen MR) is 153 cm³/mol. The highest BCUT2D eigenvalue weighted by atomic mass is 35.5. The first-order valence-corrected chi connectivity index (χ1v) is 14.1. The molecular formula is C29H30ClN5O3S. The van der Waals surface area contributed by atoms with E-state index >= 15 is 0 Å². The average Bonchev–Trinajstić information content (AvgIpc) is 3.57. The minimum absolute atomic E-state index is 0.0777. The van der Waals surface area contributed by atoms with E-state index in [1.165, 1.54) is 11.3 Å². The standard InChI is InChI=1S/C29H30ClN5O3S/c1-29(2,38-24-12-8-7-11-21(24)30)28(37)35-15-13-20(14-16-35)27-31-23(18-39-27)26(36)32-25-17-22(33-34(25)3)19-9-5-4-6-10-19/h4-12,17-18,20H,13-16H2,1-3H3,(H,32,36). The fraction of sp³-hybridized carbons (Fsp3) is 0.310. The van der Waals surface area contributed by atoms with Crippen LogP contribution in [0.1, 0.15) is 48.1 Å². The molecule has 0 aliphatic carbocycles. The highest BCUT2D eigenvalue weighted by molar-refractivity contribution is 7.10. The second-order valence-electron chi connectivity index (χ2n) is 10.0. The van der Waals surface area contributed by atoms with Crippen LogP contribution in [0.25, 0.3) is 11.3 Å². The van der Waals surface area contributed by atoms with Gasteiger partial charge in [-0.15, -0.1) is 11.3 Å². The maximum absolute atomic E-state index is 13.3. The van der Waals surface area contributed by atoms with Crippen LogP contribution in [-0.2, 0) is 11.8 Å². The molecule has 0 unspecified atom stereocenters. The Bertz CT molecular complexity index is 1480. The Morgan fingerprint density at radius 3 is 2.49 bits per heavy atom. The molecule has 0 saturated carbocycles. The number of nitrogens with zero attached hydrogens (tertiary/aromatic N) is 4. The number of para-hydroxylation sites is 1. The second-order valence-corrected chi connectivity index (χ2v) is 11.3. The number of amides is 2. The van der Waals surface area contributed by atoms with Crippen molar-refractivity contribution in [2.45, 2.75) is 38.2 Å². The number of nitrogens with one attached hydrogen (secondary N) is 1. The molecule has 2 aromatic carbocycles. The number of ether oxygens (including phenoxy) is 1. The predicted octanol–water partition coefficient (Wildman–Crippen LogP) is 6.01. The van der Waals surface area contributed by atoms with Crippen molar-refractivity contribution in [1.82, 2.24) is 19.7 Å². The normalized spacial score (nSPS) is 14.3. The number of piperidine rings is 1. The number of rotatable bonds is 7. The molecule has 0 spiro atoms. The molecule has 1 aliphatic heterocycles. The van der Waals surface area contributed by atoms with E-state index in [1.54, 1.807) is 43.1 Å². The van der Waals surface area contributed by atoms with Crippen molar-refractivity contribution >= 4 is 40.6 Å². The molecule has 4 aromatic rings. The van der Waals surface area contributed by atoms with Crippen molar-refractivity contribution < 1.29 is 14.3 Å². The number of aryl methyl sites for hydroxylation is 1. The molecule has 202 valence electrons. The van der Waals surface area contributed by atoms with Crippen LogP contribution in [0, 0.1) is 0 Å². The number of hydrogen-bond donors (Lipinski definition) is 1. The van der Waals surface area contributed by atoms with Gasteiger partial charge in [-0.3, -0.25) is 14.3 Å². The monoisotopic (exact) mass is 563 g/mol. The van der Waals surface area contributed by atoms with Crippen molar-refractivity contribution in [2.75, 3.05) is 18.4 Å². The molecule has 0 radical (unpaired) electrons. The number of carbonyl (C=O) groups excluding carboxylic acids is 2. The third kappa shape index (κ3) is 5.99. The van der Waals surface area contributed by atoms with Gasteiger partial charge in [0, 0.05) is 43.1 Å². The van der Waals surface area contributed by atoms with Crippen LogP contribution in [0.4, 0.5) is 5.82 Å². The third-order valence-corrected chi connectivity index (χ3v) is 8.11. The molecule has 10 heteroatoms. The summed E-state index contributed by atoms with van der Waals surface area (Å²) in [4.78, 5) is 32.7. The Morgan fingerprint density at radius 1 is 1.08 bits per heavy atom. The summed E-state index contributed by atoms with van der Waals surface area (Å²) in [7, 11) is 1.80. The SMILES string of the molecule is Cn1nc(-c2ccccc2)cc1NC(=O)c1csc(C2CCN(C(=O)C(C)(C)Oc3ccccc3Cl)CC2)n1. The molecule has 1 saturated heterocycles. The Kier molecular flexibility index (Phi) is 7.72. The van der Waals surface area contributed by atoms with Crippen LogP contribution in [0.2, 0.25) is 5.02 Å². The highest BCUT2D eigenvalue weighted by Gasteiger charge is 2.37. The van der Waals surface area contributed by atoms with E-state index in [0.29, 0.717) is 35.4 Å². The summed E-state index contributed by atoms with van der Waals surface area (Å²) in [6.45, 7) is 4.72. The van der Waals surface area contributed by atoms with E-state index in [9.17, 15) is 9.59 Å². The summed E-state index contributed by atoms with van der Waals surface area (Å²) in [5.41, 5.74) is 1.10. The molecule has 5 rings (SSSR count). The lowest BCUT2D eigenvalue weighted by molar-refractivity contribution is -0.146. The quantitative estimate of drug-likeness (QED) is 0.297. The van der Waals surface area contributed by atoms with Crippen molar-refractivity contribution in [3.05, 3.63) is 81.8 Å². The maximum atomic E-state index is 13.3. The molecule has 2 amide bonds. The minimum Gasteiger partial charge on any atom is -0.476 e. The fourth-order valence-electron chi connectivity index (χ4n) is 4.65. The van der Waals surface area contributed by atoms with Crippen LogP contribution in [-0.4, -0.2) is 50.2 Å². The Hall–Kier alpha value is -3.69. The topological polar surface area (TPSA) is 89.4 Å². The highest BCUT2D eigenvalue weighted by Crippen LogP contribution is 2.33. The van der Waals surface area contributed by atoms with Crippen LogP contribution in [0.15, 0.2) is 66.0 Å². The second kappa shape index (κ2) is 11.2. The molecule has 3 heterocycles. The molecule has 0 atom stereocenters. The number of halogens is 1. The van der Waals surface area contributed by atoms with Gasteiger partial charge in [0.2, 0.25) is 0 Å². The summed E-state index contributed by atoms with van der Waals surface area (Å²) in [5.74, 6) is 0.928. The zero-order chi connectivity index (χ0) is 27.6. The number of thiazole rings is 1. The third-order valence-electron chi connectivity index (χ3n) is 6.79. The molecule has 8 nitrogen and oxygen atoms in total. The van der Waals surface area contributed by atoms with E-state index in [2.05, 4.69) is 15.4 Å². The van der Waals surface area contributed by atoms with Gasteiger partial charge in [-0.1, -0.05) is 54.1 Å². The molecule has 1 aliphatic rings. The average molecular weight is 564 g/mol. The van der Waals surface area contributed by atoms with E-state index in [1.807, 2.05) is 53.4 Å². The number of likely N-dealkylation sites (tertiary alicyclic amines) is 1. The molecule has 2 aromatic heterocycles. The van der Waals surface area contributed by atoms with Crippen molar-refractivity contribution in [1.29, 1.82) is 0 Å². The lowest BCUT2D eigenvalue weighted by Gasteiger charge is -2.36. The van der Waals surface area contributed by atoms with Crippen molar-refractivity contribution in [3.8, 4) is 17.0 Å². The zero-order valence-corrected chi connectivity index (χ0v) is 23.6. The van der Waals surface area contributed by atoms with Crippen LogP contribution in [0.3, 0.4) is 0 Å². The summed E-state index contributed by atoms with van der Waals surface area (Å²) in [6.07, 6.45) is 1.54. The van der Waals surface area contributed by atoms with Crippen molar-refractivity contribution in [2.24, 2.45) is 7.05 Å². The van der Waals surface area contributed by atoms with Gasteiger partial charge in [-0.05, 0) is 38.8 Å². The van der Waals surface area contributed by atoms with Crippen LogP contribution in [0.5, 0.6) is 5.75 Å². The Morgan fingerprint density at radius 2 is 1.77 bits per heavy atom. The Labute approximate surface area is 236 Å². The molecular weight excluding hydrogens is 534 g/mol. The molecule has 1 N–H and O–H groups in total. The number of anilines is 1. The summed E-state index contributed by atoms with van der Waals surface area (Å²) in [5, 5.41) is 10.6. The maximum Gasteiger partial charge on any atom is 0.276 e. The van der Waals surface area contributed by atoms with Crippen LogP contribution >= 0.6 is 22.9 Å². The van der Waals surface area contributed by atoms with E-state index < -0.39 is 5.60 Å². The number of benzene rings is 2. The zero-order valence-electron chi connectivity index (χ0n) is 22.1. The first-order valence-electron chi connectivity index (χ1n) is 12.8. The van der Waals surface area contributed by atoms with E-state index in [-0.39, 0.29) is 17.7 Å². The van der Waals surface area contributed by atoms with Gasteiger partial charge in [0.15, 0.2) is 5.60 Å². The summed E-state index contributed by atoms with van der Waals surface area (Å²) >= 11 is 7.71. The summed E-state index contributed by atoms with van der Waals surface area (Å²) in [6, 6.07) is 18.8. The minimum atomic E-state index is -1.05. The first kappa shape index (κ1) is 26.9. The van der Waals surface area contributed by atoms with Gasteiger partial charge in [0.25, 0.3) is 11.8 Å². The lowest BCUT2D eigenvalue weighted by atomic mass is 9.96. The molecule has 39 heavy (non-hydrogen) atoms. The van der Waals surface area contributed by atoms with Gasteiger partial charge in [-0.25, -0.2) is 4.98 Å². The Balaban J connectivity index is 1.18. The number of aromatic nitrogens is 3. The molecule has 0 bridgehead atoms.